The van der Waals surface area contributed by atoms with Gasteiger partial charge >= 0.3 is 5.97 Å². The molecule has 0 bridgehead atoms. The molecule has 1 aliphatic rings. The van der Waals surface area contributed by atoms with E-state index in [1.165, 1.54) is 25.7 Å². The second-order valence-electron chi connectivity index (χ2n) is 4.12. The topological polar surface area (TPSA) is 52.3 Å². The fraction of sp³-hybridized carbons (Fsp3) is 0.667. The lowest BCUT2D eigenvalue weighted by Gasteiger charge is -2.19. The van der Waals surface area contributed by atoms with Gasteiger partial charge < -0.3 is 9.15 Å². The summed E-state index contributed by atoms with van der Waals surface area (Å²) in [7, 11) is 0. The molecule has 0 amide bonds. The molecule has 1 fully saturated rings. The zero-order valence-electron chi connectivity index (χ0n) is 9.57. The second kappa shape index (κ2) is 5.14. The van der Waals surface area contributed by atoms with Gasteiger partial charge in [-0.25, -0.2) is 9.78 Å². The van der Waals surface area contributed by atoms with Crippen molar-refractivity contribution >= 4 is 5.97 Å². The van der Waals surface area contributed by atoms with E-state index >= 15 is 0 Å². The molecule has 1 aliphatic carbocycles. The summed E-state index contributed by atoms with van der Waals surface area (Å²) in [5.74, 6) is 0.700. The van der Waals surface area contributed by atoms with Crippen molar-refractivity contribution in [2.75, 3.05) is 6.61 Å². The third kappa shape index (κ3) is 2.26. The van der Waals surface area contributed by atoms with E-state index in [4.69, 9.17) is 9.15 Å². The lowest BCUT2D eigenvalue weighted by Crippen LogP contribution is -2.12. The molecule has 0 aromatic carbocycles. The summed E-state index contributed by atoms with van der Waals surface area (Å²) in [6.07, 6.45) is 7.19. The van der Waals surface area contributed by atoms with E-state index in [0.717, 1.165) is 18.6 Å². The van der Waals surface area contributed by atoms with Crippen LogP contribution in [-0.4, -0.2) is 17.6 Å². The summed E-state index contributed by atoms with van der Waals surface area (Å²) < 4.78 is 10.3. The van der Waals surface area contributed by atoms with Crippen molar-refractivity contribution in [2.45, 2.75) is 44.9 Å². The lowest BCUT2D eigenvalue weighted by atomic mass is 9.87. The summed E-state index contributed by atoms with van der Waals surface area (Å²) in [5.41, 5.74) is 0.369. The average Bonchev–Trinajstić information content (AvgIpc) is 2.79. The number of hydrogen-bond donors (Lipinski definition) is 0. The molecule has 0 spiro atoms. The highest BCUT2D eigenvalue weighted by Gasteiger charge is 2.26. The number of hydrogen-bond acceptors (Lipinski definition) is 4. The van der Waals surface area contributed by atoms with Crippen LogP contribution in [0.25, 0.3) is 0 Å². The molecule has 0 aliphatic heterocycles. The Bertz CT molecular complexity index is 353. The molecule has 4 nitrogen and oxygen atoms in total. The number of oxazole rings is 1. The van der Waals surface area contributed by atoms with Crippen LogP contribution in [0.5, 0.6) is 0 Å². The first-order chi connectivity index (χ1) is 7.83. The molecule has 0 unspecified atom stereocenters. The SMILES string of the molecule is CCOC(=O)c1ncoc1C1CCCCC1. The summed E-state index contributed by atoms with van der Waals surface area (Å²) in [6, 6.07) is 0. The zero-order chi connectivity index (χ0) is 11.4. The summed E-state index contributed by atoms with van der Waals surface area (Å²) in [6.45, 7) is 2.16. The number of ether oxygens (including phenoxy) is 1. The van der Waals surface area contributed by atoms with Crippen LogP contribution in [-0.2, 0) is 4.74 Å². The Labute approximate surface area is 95.0 Å². The Morgan fingerprint density at radius 2 is 2.25 bits per heavy atom. The van der Waals surface area contributed by atoms with E-state index in [1.54, 1.807) is 6.92 Å². The smallest absolute Gasteiger partial charge is 0.360 e. The Balaban J connectivity index is 2.14. The van der Waals surface area contributed by atoms with Gasteiger partial charge in [-0.2, -0.15) is 0 Å². The molecule has 4 heteroatoms. The van der Waals surface area contributed by atoms with Gasteiger partial charge in [-0.1, -0.05) is 19.3 Å². The quantitative estimate of drug-likeness (QED) is 0.739. The molecule has 0 N–H and O–H groups in total. The first kappa shape index (κ1) is 11.2. The van der Waals surface area contributed by atoms with E-state index < -0.39 is 0 Å². The summed E-state index contributed by atoms with van der Waals surface area (Å²) in [5, 5.41) is 0. The summed E-state index contributed by atoms with van der Waals surface area (Å²) >= 11 is 0. The monoisotopic (exact) mass is 223 g/mol. The molecular weight excluding hydrogens is 206 g/mol. The minimum atomic E-state index is -0.364. The van der Waals surface area contributed by atoms with Crippen molar-refractivity contribution in [2.24, 2.45) is 0 Å². The third-order valence-corrected chi connectivity index (χ3v) is 3.04. The lowest BCUT2D eigenvalue weighted by molar-refractivity contribution is 0.0516. The van der Waals surface area contributed by atoms with Crippen molar-refractivity contribution in [1.82, 2.24) is 4.98 Å². The number of carbonyl (C=O) groups excluding carboxylic acids is 1. The normalized spacial score (nSPS) is 17.3. The van der Waals surface area contributed by atoms with Crippen molar-refractivity contribution in [3.63, 3.8) is 0 Å². The molecular formula is C12H17NO3. The van der Waals surface area contributed by atoms with Crippen molar-refractivity contribution in [3.05, 3.63) is 17.8 Å². The van der Waals surface area contributed by atoms with Crippen LogP contribution in [0.2, 0.25) is 0 Å². The van der Waals surface area contributed by atoms with Gasteiger partial charge in [0, 0.05) is 5.92 Å². The number of rotatable bonds is 3. The Hall–Kier alpha value is -1.32. The average molecular weight is 223 g/mol. The molecule has 1 aromatic rings. The van der Waals surface area contributed by atoms with Gasteiger partial charge in [0.1, 0.15) is 5.76 Å². The molecule has 1 heterocycles. The van der Waals surface area contributed by atoms with Gasteiger partial charge in [-0.3, -0.25) is 0 Å². The first-order valence-corrected chi connectivity index (χ1v) is 5.93. The summed E-state index contributed by atoms with van der Waals surface area (Å²) in [4.78, 5) is 15.6. The highest BCUT2D eigenvalue weighted by atomic mass is 16.5. The van der Waals surface area contributed by atoms with Crippen LogP contribution < -0.4 is 0 Å². The second-order valence-corrected chi connectivity index (χ2v) is 4.12. The van der Waals surface area contributed by atoms with Crippen LogP contribution in [0.15, 0.2) is 10.8 Å². The Kier molecular flexibility index (Phi) is 3.59. The van der Waals surface area contributed by atoms with Crippen molar-refractivity contribution in [3.8, 4) is 0 Å². The molecule has 2 rings (SSSR count). The Morgan fingerprint density at radius 1 is 1.50 bits per heavy atom. The third-order valence-electron chi connectivity index (χ3n) is 3.04. The van der Waals surface area contributed by atoms with Gasteiger partial charge in [0.05, 0.1) is 6.61 Å². The van der Waals surface area contributed by atoms with Crippen LogP contribution in [0.4, 0.5) is 0 Å². The van der Waals surface area contributed by atoms with E-state index in [0.29, 0.717) is 18.2 Å². The number of esters is 1. The van der Waals surface area contributed by atoms with Gasteiger partial charge in [-0.15, -0.1) is 0 Å². The molecule has 0 saturated heterocycles. The van der Waals surface area contributed by atoms with E-state index in [2.05, 4.69) is 4.98 Å². The zero-order valence-corrected chi connectivity index (χ0v) is 9.57. The maximum atomic E-state index is 11.6. The molecule has 0 radical (unpaired) electrons. The maximum Gasteiger partial charge on any atom is 0.360 e. The minimum Gasteiger partial charge on any atom is -0.461 e. The fourth-order valence-electron chi connectivity index (χ4n) is 2.26. The van der Waals surface area contributed by atoms with Gasteiger partial charge in [-0.05, 0) is 19.8 Å². The fourth-order valence-corrected chi connectivity index (χ4v) is 2.26. The minimum absolute atomic E-state index is 0.343. The molecule has 1 saturated carbocycles. The predicted molar refractivity (Wildman–Crippen MR) is 58.3 cm³/mol. The first-order valence-electron chi connectivity index (χ1n) is 5.93. The van der Waals surface area contributed by atoms with Crippen molar-refractivity contribution in [1.29, 1.82) is 0 Å². The van der Waals surface area contributed by atoms with Crippen LogP contribution in [0.1, 0.15) is 61.2 Å². The molecule has 0 atom stereocenters. The van der Waals surface area contributed by atoms with Crippen LogP contribution in [0, 0.1) is 0 Å². The molecule has 88 valence electrons. The largest absolute Gasteiger partial charge is 0.461 e. The molecule has 16 heavy (non-hydrogen) atoms. The van der Waals surface area contributed by atoms with Gasteiger partial charge in [0.2, 0.25) is 0 Å². The Morgan fingerprint density at radius 3 is 2.94 bits per heavy atom. The number of carbonyl (C=O) groups is 1. The van der Waals surface area contributed by atoms with Gasteiger partial charge in [0.25, 0.3) is 0 Å². The van der Waals surface area contributed by atoms with E-state index in [1.807, 2.05) is 0 Å². The predicted octanol–water partition coefficient (Wildman–Crippen LogP) is 2.90. The highest BCUT2D eigenvalue weighted by Crippen LogP contribution is 2.34. The van der Waals surface area contributed by atoms with E-state index in [-0.39, 0.29) is 5.97 Å². The van der Waals surface area contributed by atoms with Crippen LogP contribution in [0.3, 0.4) is 0 Å². The standard InChI is InChI=1S/C12H17NO3/c1-2-15-12(14)10-11(16-8-13-10)9-6-4-3-5-7-9/h8-9H,2-7H2,1H3. The number of nitrogens with zero attached hydrogens (tertiary/aromatic N) is 1. The molecule has 1 aromatic heterocycles. The maximum absolute atomic E-state index is 11.6. The number of aromatic nitrogens is 1. The van der Waals surface area contributed by atoms with E-state index in [9.17, 15) is 4.79 Å². The highest BCUT2D eigenvalue weighted by molar-refractivity contribution is 5.88. The van der Waals surface area contributed by atoms with Gasteiger partial charge in [0.15, 0.2) is 12.1 Å². The van der Waals surface area contributed by atoms with Crippen LogP contribution >= 0.6 is 0 Å². The van der Waals surface area contributed by atoms with Crippen molar-refractivity contribution < 1.29 is 13.9 Å².